The maximum atomic E-state index is 12.8. The summed E-state index contributed by atoms with van der Waals surface area (Å²) in [5.41, 5.74) is 3.19. The molecule has 9 heteroatoms. The molecule has 4 aromatic rings. The number of carbonyl (C=O) groups excluding carboxylic acids is 1. The normalized spacial score (nSPS) is 13.0. The van der Waals surface area contributed by atoms with E-state index in [1.807, 2.05) is 48.5 Å². The average molecular weight is 594 g/mol. The number of urea groups is 1. The highest BCUT2D eigenvalue weighted by molar-refractivity contribution is 8.12. The van der Waals surface area contributed by atoms with Gasteiger partial charge in [0.25, 0.3) is 0 Å². The number of anilines is 1. The first-order chi connectivity index (χ1) is 20.0. The maximum Gasteiger partial charge on any atom is 0.416 e. The van der Waals surface area contributed by atoms with E-state index in [2.05, 4.69) is 47.2 Å². The zero-order chi connectivity index (χ0) is 30.3. The van der Waals surface area contributed by atoms with E-state index in [1.54, 1.807) is 12.1 Å². The van der Waals surface area contributed by atoms with Gasteiger partial charge in [0.15, 0.2) is 0 Å². The quantitative estimate of drug-likeness (QED) is 0.139. The molecule has 0 heterocycles. The number of halogens is 3. The Balaban J connectivity index is 1.44. The van der Waals surface area contributed by atoms with Crippen molar-refractivity contribution in [1.82, 2.24) is 10.0 Å². The lowest BCUT2D eigenvalue weighted by atomic mass is 9.98. The lowest BCUT2D eigenvalue weighted by Crippen LogP contribution is -2.28. The molecule has 0 spiro atoms. The molecule has 4 aromatic carbocycles. The van der Waals surface area contributed by atoms with E-state index in [1.165, 1.54) is 17.7 Å². The first kappa shape index (κ1) is 30.9. The third kappa shape index (κ3) is 8.47. The van der Waals surface area contributed by atoms with Crippen molar-refractivity contribution in [2.24, 2.45) is 5.92 Å². The van der Waals surface area contributed by atoms with Crippen molar-refractivity contribution in [3.63, 3.8) is 0 Å². The van der Waals surface area contributed by atoms with Crippen LogP contribution in [0.2, 0.25) is 0 Å². The van der Waals surface area contributed by atoms with Gasteiger partial charge in [-0.3, -0.25) is 4.72 Å². The molecule has 0 fully saturated rings. The number of alkyl halides is 3. The van der Waals surface area contributed by atoms with Crippen molar-refractivity contribution in [3.8, 4) is 16.9 Å². The van der Waals surface area contributed by atoms with E-state index < -0.39 is 28.4 Å². The highest BCUT2D eigenvalue weighted by Gasteiger charge is 2.29. The molecule has 2 amide bonds. The summed E-state index contributed by atoms with van der Waals surface area (Å²) in [6.45, 7) is 4.42. The van der Waals surface area contributed by atoms with Crippen molar-refractivity contribution in [1.29, 1.82) is 0 Å². The SMILES string of the molecule is C=S(NC(CC(C)C)c1ccccc1)c1cc(-c2cccc(NC(=O)NCc3ccc(C(F)(F)F)cc3)c2)ccc1O. The molecule has 0 saturated carbocycles. The molecule has 0 aliphatic carbocycles. The number of amides is 2. The van der Waals surface area contributed by atoms with E-state index >= 15 is 0 Å². The molecule has 0 saturated heterocycles. The Bertz CT molecular complexity index is 1520. The predicted molar refractivity (Wildman–Crippen MR) is 166 cm³/mol. The molecule has 0 aliphatic rings. The van der Waals surface area contributed by atoms with Crippen LogP contribution in [0.15, 0.2) is 102 Å². The fourth-order valence-electron chi connectivity index (χ4n) is 4.48. The molecule has 42 heavy (non-hydrogen) atoms. The van der Waals surface area contributed by atoms with Crippen molar-refractivity contribution in [2.45, 2.75) is 43.9 Å². The largest absolute Gasteiger partial charge is 0.507 e. The summed E-state index contributed by atoms with van der Waals surface area (Å²) < 4.78 is 41.9. The molecule has 0 radical (unpaired) electrons. The first-order valence-electron chi connectivity index (χ1n) is 13.5. The third-order valence-corrected chi connectivity index (χ3v) is 8.03. The lowest BCUT2D eigenvalue weighted by molar-refractivity contribution is -0.137. The average Bonchev–Trinajstić information content (AvgIpc) is 2.96. The second kappa shape index (κ2) is 13.7. The van der Waals surface area contributed by atoms with Gasteiger partial charge in [0.05, 0.1) is 10.5 Å². The number of rotatable bonds is 10. The Morgan fingerprint density at radius 3 is 2.26 bits per heavy atom. The molecule has 220 valence electrons. The number of benzene rings is 4. The summed E-state index contributed by atoms with van der Waals surface area (Å²) in [6.07, 6.45) is -3.49. The number of hydrogen-bond acceptors (Lipinski definition) is 3. The summed E-state index contributed by atoms with van der Waals surface area (Å²) in [4.78, 5) is 13.2. The summed E-state index contributed by atoms with van der Waals surface area (Å²) in [5.74, 6) is 4.94. The molecular formula is C33H34F3N3O2S. The number of phenols is 1. The van der Waals surface area contributed by atoms with Gasteiger partial charge >= 0.3 is 12.2 Å². The highest BCUT2D eigenvalue weighted by atomic mass is 32.2. The summed E-state index contributed by atoms with van der Waals surface area (Å²) in [5, 5.41) is 16.1. The second-order valence-corrected chi connectivity index (χ2v) is 11.8. The van der Waals surface area contributed by atoms with Gasteiger partial charge in [-0.2, -0.15) is 13.2 Å². The van der Waals surface area contributed by atoms with Gasteiger partial charge < -0.3 is 15.7 Å². The Kier molecular flexibility index (Phi) is 10.1. The number of hydrogen-bond donors (Lipinski definition) is 4. The third-order valence-electron chi connectivity index (χ3n) is 6.61. The van der Waals surface area contributed by atoms with Crippen LogP contribution >= 0.6 is 10.7 Å². The number of phenolic OH excluding ortho intramolecular Hbond substituents is 1. The zero-order valence-electron chi connectivity index (χ0n) is 23.4. The van der Waals surface area contributed by atoms with Gasteiger partial charge in [-0.05, 0) is 71.0 Å². The standard InChI is InChI=1S/C33H34F3N3O2S/c1-22(2)18-29(24-8-5-4-6-9-24)39-42(3)31-20-26(14-17-30(31)40)25-10-7-11-28(19-25)38-32(41)37-21-23-12-15-27(16-13-23)33(34,35)36/h4-17,19-20,22,29,39-40H,3,18,21H2,1-2H3,(H2,37,38,41). The van der Waals surface area contributed by atoms with Crippen LogP contribution in [0.25, 0.3) is 11.1 Å². The Labute approximate surface area is 246 Å². The monoisotopic (exact) mass is 593 g/mol. The van der Waals surface area contributed by atoms with E-state index in [4.69, 9.17) is 0 Å². The van der Waals surface area contributed by atoms with Crippen LogP contribution < -0.4 is 15.4 Å². The lowest BCUT2D eigenvalue weighted by Gasteiger charge is -2.24. The zero-order valence-corrected chi connectivity index (χ0v) is 24.2. The van der Waals surface area contributed by atoms with E-state index in [0.29, 0.717) is 22.1 Å². The maximum absolute atomic E-state index is 12.8. The Hall–Kier alpha value is -4.08. The number of nitrogens with one attached hydrogen (secondary N) is 3. The van der Waals surface area contributed by atoms with Gasteiger partial charge in [-0.15, -0.1) is 0 Å². The molecule has 0 bridgehead atoms. The fourth-order valence-corrected chi connectivity index (χ4v) is 5.77. The van der Waals surface area contributed by atoms with Crippen LogP contribution in [0, 0.1) is 5.92 Å². The topological polar surface area (TPSA) is 73.4 Å². The molecule has 0 aliphatic heterocycles. The molecule has 4 N–H and O–H groups in total. The second-order valence-electron chi connectivity index (χ2n) is 10.4. The van der Waals surface area contributed by atoms with Gasteiger partial charge in [-0.1, -0.05) is 91.1 Å². The molecule has 0 aromatic heterocycles. The van der Waals surface area contributed by atoms with Crippen LogP contribution in [0.3, 0.4) is 0 Å². The minimum Gasteiger partial charge on any atom is -0.507 e. The van der Waals surface area contributed by atoms with Crippen LogP contribution in [0.4, 0.5) is 23.7 Å². The van der Waals surface area contributed by atoms with Crippen molar-refractivity contribution >= 4 is 28.3 Å². The van der Waals surface area contributed by atoms with Crippen molar-refractivity contribution in [3.05, 3.63) is 114 Å². The minimum atomic E-state index is -4.41. The number of aromatic hydroxyl groups is 1. The van der Waals surface area contributed by atoms with E-state index in [9.17, 15) is 23.1 Å². The van der Waals surface area contributed by atoms with E-state index in [0.717, 1.165) is 29.7 Å². The molecule has 5 nitrogen and oxygen atoms in total. The van der Waals surface area contributed by atoms with Gasteiger partial charge in [0, 0.05) is 18.3 Å². The molecule has 4 rings (SSSR count). The van der Waals surface area contributed by atoms with Crippen LogP contribution in [-0.4, -0.2) is 17.0 Å². The predicted octanol–water partition coefficient (Wildman–Crippen LogP) is 8.75. The van der Waals surface area contributed by atoms with Crippen molar-refractivity contribution in [2.75, 3.05) is 5.32 Å². The molecular weight excluding hydrogens is 559 g/mol. The number of carbonyl (C=O) groups is 1. The van der Waals surface area contributed by atoms with E-state index in [-0.39, 0.29) is 18.3 Å². The summed E-state index contributed by atoms with van der Waals surface area (Å²) in [7, 11) is -0.710. The Morgan fingerprint density at radius 2 is 1.60 bits per heavy atom. The van der Waals surface area contributed by atoms with Crippen LogP contribution in [0.1, 0.15) is 43.0 Å². The van der Waals surface area contributed by atoms with Gasteiger partial charge in [0.1, 0.15) is 5.75 Å². The molecule has 2 atom stereocenters. The van der Waals surface area contributed by atoms with Crippen molar-refractivity contribution < 1.29 is 23.1 Å². The fraction of sp³-hybridized carbons (Fsp3) is 0.212. The van der Waals surface area contributed by atoms with Gasteiger partial charge in [-0.25, -0.2) is 4.79 Å². The van der Waals surface area contributed by atoms with Gasteiger partial charge in [0.2, 0.25) is 0 Å². The van der Waals surface area contributed by atoms with Crippen LogP contribution in [0.5, 0.6) is 5.75 Å². The summed E-state index contributed by atoms with van der Waals surface area (Å²) in [6, 6.07) is 27.1. The summed E-state index contributed by atoms with van der Waals surface area (Å²) >= 11 is 0. The smallest absolute Gasteiger partial charge is 0.416 e. The minimum absolute atomic E-state index is 0.0729. The van der Waals surface area contributed by atoms with Crippen LogP contribution in [-0.2, 0) is 12.7 Å². The highest BCUT2D eigenvalue weighted by Crippen LogP contribution is 2.38. The molecule has 2 unspecified atom stereocenters. The first-order valence-corrected chi connectivity index (χ1v) is 14.9. The Morgan fingerprint density at radius 1 is 0.905 bits per heavy atom.